The first kappa shape index (κ1) is 14.8. The van der Waals surface area contributed by atoms with Crippen molar-refractivity contribution in [3.63, 3.8) is 0 Å². The van der Waals surface area contributed by atoms with Crippen molar-refractivity contribution in [1.29, 1.82) is 0 Å². The standard InChI is InChI=1S/C10H23N3O3S/c1-3-11-10-5-4-7-13(9-10)17(14,15)12-6-8-16-2/h10-12H,3-9H2,1-2H3. The van der Waals surface area contributed by atoms with E-state index in [0.29, 0.717) is 26.2 Å². The quantitative estimate of drug-likeness (QED) is 0.611. The Kier molecular flexibility index (Phi) is 6.35. The van der Waals surface area contributed by atoms with Gasteiger partial charge in [0.15, 0.2) is 0 Å². The smallest absolute Gasteiger partial charge is 0.279 e. The van der Waals surface area contributed by atoms with Crippen LogP contribution in [0.4, 0.5) is 0 Å². The van der Waals surface area contributed by atoms with Crippen molar-refractivity contribution in [2.45, 2.75) is 25.8 Å². The number of hydrogen-bond donors (Lipinski definition) is 2. The zero-order chi connectivity index (χ0) is 12.7. The van der Waals surface area contributed by atoms with E-state index in [2.05, 4.69) is 10.0 Å². The highest BCUT2D eigenvalue weighted by atomic mass is 32.2. The summed E-state index contributed by atoms with van der Waals surface area (Å²) < 4.78 is 32.8. The molecule has 1 atom stereocenters. The maximum absolute atomic E-state index is 11.9. The molecule has 1 aliphatic rings. The number of piperidine rings is 1. The summed E-state index contributed by atoms with van der Waals surface area (Å²) in [6.45, 7) is 4.77. The van der Waals surface area contributed by atoms with E-state index in [4.69, 9.17) is 4.74 Å². The molecule has 1 heterocycles. The molecule has 0 saturated carbocycles. The molecule has 0 amide bonds. The monoisotopic (exact) mass is 265 g/mol. The molecule has 1 fully saturated rings. The Labute approximate surface area is 104 Å². The second kappa shape index (κ2) is 7.27. The fraction of sp³-hybridized carbons (Fsp3) is 1.00. The molecule has 0 aromatic heterocycles. The van der Waals surface area contributed by atoms with Gasteiger partial charge in [-0.05, 0) is 19.4 Å². The van der Waals surface area contributed by atoms with Crippen molar-refractivity contribution in [3.8, 4) is 0 Å². The van der Waals surface area contributed by atoms with Gasteiger partial charge >= 0.3 is 0 Å². The van der Waals surface area contributed by atoms with Gasteiger partial charge in [-0.2, -0.15) is 17.4 Å². The molecule has 0 aromatic carbocycles. The molecule has 1 saturated heterocycles. The van der Waals surface area contributed by atoms with Crippen LogP contribution < -0.4 is 10.0 Å². The van der Waals surface area contributed by atoms with Crippen LogP contribution in [0.5, 0.6) is 0 Å². The van der Waals surface area contributed by atoms with Gasteiger partial charge in [0.2, 0.25) is 0 Å². The van der Waals surface area contributed by atoms with E-state index in [1.165, 1.54) is 4.31 Å². The Morgan fingerprint density at radius 3 is 2.88 bits per heavy atom. The molecule has 2 N–H and O–H groups in total. The molecular weight excluding hydrogens is 242 g/mol. The number of nitrogens with one attached hydrogen (secondary N) is 2. The van der Waals surface area contributed by atoms with Crippen molar-refractivity contribution < 1.29 is 13.2 Å². The van der Waals surface area contributed by atoms with Crippen LogP contribution in [0.2, 0.25) is 0 Å². The molecule has 7 heteroatoms. The minimum atomic E-state index is -3.34. The molecule has 0 radical (unpaired) electrons. The van der Waals surface area contributed by atoms with Crippen molar-refractivity contribution in [2.24, 2.45) is 0 Å². The van der Waals surface area contributed by atoms with Gasteiger partial charge in [0.25, 0.3) is 10.2 Å². The summed E-state index contributed by atoms with van der Waals surface area (Å²) >= 11 is 0. The van der Waals surface area contributed by atoms with E-state index in [0.717, 1.165) is 19.4 Å². The number of likely N-dealkylation sites (N-methyl/N-ethyl adjacent to an activating group) is 1. The first-order valence-corrected chi connectivity index (χ1v) is 7.51. The van der Waals surface area contributed by atoms with E-state index >= 15 is 0 Å². The average Bonchev–Trinajstić information content (AvgIpc) is 2.30. The zero-order valence-corrected chi connectivity index (χ0v) is 11.4. The summed E-state index contributed by atoms with van der Waals surface area (Å²) in [7, 11) is -1.79. The molecule has 1 unspecified atom stereocenters. The SMILES string of the molecule is CCNC1CCCN(S(=O)(=O)NCCOC)C1. The first-order chi connectivity index (χ1) is 8.10. The normalized spacial score (nSPS) is 22.8. The molecule has 17 heavy (non-hydrogen) atoms. The van der Waals surface area contributed by atoms with E-state index in [1.807, 2.05) is 6.92 Å². The maximum atomic E-state index is 11.9. The molecule has 102 valence electrons. The Balaban J connectivity index is 2.46. The topological polar surface area (TPSA) is 70.7 Å². The van der Waals surface area contributed by atoms with Gasteiger partial charge in [-0.25, -0.2) is 0 Å². The second-order valence-corrected chi connectivity index (χ2v) is 5.90. The molecule has 0 spiro atoms. The summed E-state index contributed by atoms with van der Waals surface area (Å²) in [6.07, 6.45) is 1.95. The van der Waals surface area contributed by atoms with Gasteiger partial charge in [0.1, 0.15) is 0 Å². The Morgan fingerprint density at radius 1 is 1.47 bits per heavy atom. The maximum Gasteiger partial charge on any atom is 0.279 e. The highest BCUT2D eigenvalue weighted by molar-refractivity contribution is 7.87. The van der Waals surface area contributed by atoms with Crippen LogP contribution in [-0.2, 0) is 14.9 Å². The third kappa shape index (κ3) is 4.89. The summed E-state index contributed by atoms with van der Waals surface area (Å²) in [5, 5.41) is 3.30. The van der Waals surface area contributed by atoms with Gasteiger partial charge in [0, 0.05) is 32.8 Å². The van der Waals surface area contributed by atoms with Crippen LogP contribution in [0.25, 0.3) is 0 Å². The minimum Gasteiger partial charge on any atom is -0.383 e. The molecule has 0 aromatic rings. The summed E-state index contributed by atoms with van der Waals surface area (Å²) in [5.41, 5.74) is 0. The van der Waals surface area contributed by atoms with Crippen LogP contribution in [-0.4, -0.2) is 58.7 Å². The molecule has 6 nitrogen and oxygen atoms in total. The van der Waals surface area contributed by atoms with Gasteiger partial charge < -0.3 is 10.1 Å². The fourth-order valence-electron chi connectivity index (χ4n) is 1.98. The lowest BCUT2D eigenvalue weighted by atomic mass is 10.1. The number of nitrogens with zero attached hydrogens (tertiary/aromatic N) is 1. The number of rotatable bonds is 7. The lowest BCUT2D eigenvalue weighted by molar-refractivity contribution is 0.203. The largest absolute Gasteiger partial charge is 0.383 e. The van der Waals surface area contributed by atoms with Crippen LogP contribution in [0.3, 0.4) is 0 Å². The summed E-state index contributed by atoms with van der Waals surface area (Å²) in [5.74, 6) is 0. The number of ether oxygens (including phenoxy) is 1. The van der Waals surface area contributed by atoms with Crippen molar-refractivity contribution in [3.05, 3.63) is 0 Å². The average molecular weight is 265 g/mol. The molecule has 1 rings (SSSR count). The van der Waals surface area contributed by atoms with E-state index in [-0.39, 0.29) is 6.04 Å². The number of methoxy groups -OCH3 is 1. The third-order valence-electron chi connectivity index (χ3n) is 2.81. The predicted octanol–water partition coefficient (Wildman–Crippen LogP) is -0.459. The van der Waals surface area contributed by atoms with Crippen molar-refractivity contribution in [2.75, 3.05) is 39.9 Å². The van der Waals surface area contributed by atoms with Gasteiger partial charge in [0.05, 0.1) is 6.61 Å². The lowest BCUT2D eigenvalue weighted by Gasteiger charge is -2.32. The van der Waals surface area contributed by atoms with Crippen molar-refractivity contribution in [1.82, 2.24) is 14.3 Å². The van der Waals surface area contributed by atoms with Gasteiger partial charge in [-0.15, -0.1) is 0 Å². The van der Waals surface area contributed by atoms with Gasteiger partial charge in [-0.1, -0.05) is 6.92 Å². The Bertz CT molecular complexity index is 306. The van der Waals surface area contributed by atoms with Crippen LogP contribution in [0, 0.1) is 0 Å². The van der Waals surface area contributed by atoms with Crippen LogP contribution in [0.1, 0.15) is 19.8 Å². The minimum absolute atomic E-state index is 0.271. The van der Waals surface area contributed by atoms with Crippen LogP contribution >= 0.6 is 0 Å². The van der Waals surface area contributed by atoms with E-state index < -0.39 is 10.2 Å². The Hall–Kier alpha value is -0.210. The Morgan fingerprint density at radius 2 is 2.24 bits per heavy atom. The van der Waals surface area contributed by atoms with E-state index in [9.17, 15) is 8.42 Å². The van der Waals surface area contributed by atoms with Crippen LogP contribution in [0.15, 0.2) is 0 Å². The highest BCUT2D eigenvalue weighted by Crippen LogP contribution is 2.12. The second-order valence-electron chi connectivity index (χ2n) is 4.15. The number of hydrogen-bond acceptors (Lipinski definition) is 4. The molecular formula is C10H23N3O3S. The third-order valence-corrected chi connectivity index (χ3v) is 4.39. The molecule has 0 bridgehead atoms. The van der Waals surface area contributed by atoms with Crippen molar-refractivity contribution >= 4 is 10.2 Å². The summed E-state index contributed by atoms with van der Waals surface area (Å²) in [4.78, 5) is 0. The summed E-state index contributed by atoms with van der Waals surface area (Å²) in [6, 6.07) is 0.271. The molecule has 1 aliphatic heterocycles. The fourth-order valence-corrected chi connectivity index (χ4v) is 3.25. The first-order valence-electron chi connectivity index (χ1n) is 6.07. The predicted molar refractivity (Wildman–Crippen MR) is 67.1 cm³/mol. The molecule has 0 aliphatic carbocycles. The zero-order valence-electron chi connectivity index (χ0n) is 10.6. The van der Waals surface area contributed by atoms with Gasteiger partial charge in [-0.3, -0.25) is 0 Å². The lowest BCUT2D eigenvalue weighted by Crippen LogP contribution is -2.51. The highest BCUT2D eigenvalue weighted by Gasteiger charge is 2.27. The van der Waals surface area contributed by atoms with E-state index in [1.54, 1.807) is 7.11 Å².